The Morgan fingerprint density at radius 1 is 1.19 bits per heavy atom. The van der Waals surface area contributed by atoms with Crippen molar-refractivity contribution in [3.63, 3.8) is 0 Å². The van der Waals surface area contributed by atoms with Gasteiger partial charge in [-0.15, -0.1) is 0 Å². The van der Waals surface area contributed by atoms with E-state index in [0.717, 1.165) is 11.4 Å². The van der Waals surface area contributed by atoms with Gasteiger partial charge in [0, 0.05) is 22.6 Å². The number of nitrogens with one attached hydrogen (secondary N) is 1. The summed E-state index contributed by atoms with van der Waals surface area (Å²) in [6, 6.07) is 10.4. The number of allylic oxidation sites excluding steroid dienone is 4. The van der Waals surface area contributed by atoms with Crippen LogP contribution in [0.1, 0.15) is 37.6 Å². The molecule has 3 unspecified atom stereocenters. The van der Waals surface area contributed by atoms with Crippen molar-refractivity contribution in [1.82, 2.24) is 9.97 Å². The third-order valence-corrected chi connectivity index (χ3v) is 5.06. The molecule has 21 heavy (non-hydrogen) atoms. The zero-order valence-corrected chi connectivity index (χ0v) is 12.5. The van der Waals surface area contributed by atoms with Crippen LogP contribution >= 0.6 is 0 Å². The van der Waals surface area contributed by atoms with Crippen LogP contribution in [0.3, 0.4) is 0 Å². The number of imidazole rings is 1. The number of H-pyrrole nitrogens is 1. The molecular weight excluding hydrogens is 256 g/mol. The van der Waals surface area contributed by atoms with Crippen molar-refractivity contribution in [2.24, 2.45) is 5.92 Å². The van der Waals surface area contributed by atoms with Crippen LogP contribution in [-0.2, 0) is 5.41 Å². The molecule has 1 aromatic heterocycles. The highest BCUT2D eigenvalue weighted by Crippen LogP contribution is 2.48. The molecule has 0 saturated carbocycles. The Balaban J connectivity index is 1.87. The minimum atomic E-state index is 0.0522. The SMILES string of the molecule is CC1CC2C=CC=CC2(C)c2[nH]c(-c3ccccc3)nc21. The van der Waals surface area contributed by atoms with E-state index < -0.39 is 0 Å². The van der Waals surface area contributed by atoms with Crippen molar-refractivity contribution in [2.45, 2.75) is 31.6 Å². The summed E-state index contributed by atoms with van der Waals surface area (Å²) >= 11 is 0. The van der Waals surface area contributed by atoms with Gasteiger partial charge in [-0.05, 0) is 19.3 Å². The Labute approximate surface area is 125 Å². The third-order valence-electron chi connectivity index (χ3n) is 5.06. The lowest BCUT2D eigenvalue weighted by Gasteiger charge is -2.40. The van der Waals surface area contributed by atoms with Gasteiger partial charge < -0.3 is 4.98 Å². The summed E-state index contributed by atoms with van der Waals surface area (Å²) in [5, 5.41) is 0. The van der Waals surface area contributed by atoms with Crippen LogP contribution in [0.4, 0.5) is 0 Å². The van der Waals surface area contributed by atoms with Crippen molar-refractivity contribution < 1.29 is 0 Å². The van der Waals surface area contributed by atoms with E-state index in [4.69, 9.17) is 4.98 Å². The molecule has 0 saturated heterocycles. The first kappa shape index (κ1) is 12.6. The van der Waals surface area contributed by atoms with Crippen molar-refractivity contribution >= 4 is 0 Å². The van der Waals surface area contributed by atoms with E-state index in [0.29, 0.717) is 11.8 Å². The summed E-state index contributed by atoms with van der Waals surface area (Å²) in [5.74, 6) is 2.06. The molecule has 4 rings (SSSR count). The minimum Gasteiger partial charge on any atom is -0.341 e. The highest BCUT2D eigenvalue weighted by Gasteiger charge is 2.43. The second-order valence-corrected chi connectivity index (χ2v) is 6.48. The first-order valence-electron chi connectivity index (χ1n) is 7.70. The molecule has 0 bridgehead atoms. The third kappa shape index (κ3) is 1.82. The second kappa shape index (κ2) is 4.45. The normalized spacial score (nSPS) is 30.0. The van der Waals surface area contributed by atoms with E-state index >= 15 is 0 Å². The van der Waals surface area contributed by atoms with Crippen LogP contribution in [0.2, 0.25) is 0 Å². The second-order valence-electron chi connectivity index (χ2n) is 6.48. The average Bonchev–Trinajstić information content (AvgIpc) is 2.96. The lowest BCUT2D eigenvalue weighted by Crippen LogP contribution is -2.36. The van der Waals surface area contributed by atoms with Gasteiger partial charge in [0.05, 0.1) is 5.69 Å². The Hall–Kier alpha value is -2.09. The van der Waals surface area contributed by atoms with E-state index in [-0.39, 0.29) is 5.41 Å². The average molecular weight is 276 g/mol. The number of fused-ring (bicyclic) bond motifs is 3. The quantitative estimate of drug-likeness (QED) is 0.811. The standard InChI is InChI=1S/C19H20N2/c1-13-12-15-10-6-7-11-19(15,2)17-16(13)20-18(21-17)14-8-4-3-5-9-14/h3-11,13,15H,12H2,1-2H3,(H,20,21). The molecule has 106 valence electrons. The zero-order chi connectivity index (χ0) is 14.4. The first-order valence-corrected chi connectivity index (χ1v) is 7.70. The Bertz CT molecular complexity index is 723. The van der Waals surface area contributed by atoms with Crippen molar-refractivity contribution in [3.8, 4) is 11.4 Å². The fraction of sp³-hybridized carbons (Fsp3) is 0.316. The van der Waals surface area contributed by atoms with Crippen LogP contribution in [0.15, 0.2) is 54.6 Å². The Morgan fingerprint density at radius 2 is 2.00 bits per heavy atom. The van der Waals surface area contributed by atoms with E-state index in [2.05, 4.69) is 67.4 Å². The molecule has 0 radical (unpaired) electrons. The number of rotatable bonds is 1. The number of hydrogen-bond donors (Lipinski definition) is 1. The van der Waals surface area contributed by atoms with E-state index in [9.17, 15) is 0 Å². The van der Waals surface area contributed by atoms with Gasteiger partial charge in [0.25, 0.3) is 0 Å². The van der Waals surface area contributed by atoms with Crippen molar-refractivity contribution in [2.75, 3.05) is 0 Å². The molecule has 0 spiro atoms. The van der Waals surface area contributed by atoms with E-state index in [1.807, 2.05) is 6.07 Å². The fourth-order valence-electron chi connectivity index (χ4n) is 3.75. The van der Waals surface area contributed by atoms with Gasteiger partial charge in [-0.1, -0.05) is 61.6 Å². The summed E-state index contributed by atoms with van der Waals surface area (Å²) in [6.07, 6.45) is 10.2. The molecule has 2 aromatic rings. The molecule has 1 N–H and O–H groups in total. The molecule has 0 aliphatic heterocycles. The highest BCUT2D eigenvalue weighted by atomic mass is 15.0. The molecule has 2 nitrogen and oxygen atoms in total. The molecule has 0 fully saturated rings. The van der Waals surface area contributed by atoms with Gasteiger partial charge in [-0.2, -0.15) is 0 Å². The number of nitrogens with zero attached hydrogens (tertiary/aromatic N) is 1. The molecule has 2 heteroatoms. The van der Waals surface area contributed by atoms with Gasteiger partial charge in [-0.3, -0.25) is 0 Å². The summed E-state index contributed by atoms with van der Waals surface area (Å²) < 4.78 is 0. The monoisotopic (exact) mass is 276 g/mol. The predicted octanol–water partition coefficient (Wildman–Crippen LogP) is 4.58. The maximum Gasteiger partial charge on any atom is 0.137 e. The molecule has 1 heterocycles. The van der Waals surface area contributed by atoms with Crippen LogP contribution < -0.4 is 0 Å². The molecular formula is C19H20N2. The van der Waals surface area contributed by atoms with Crippen LogP contribution in [0.5, 0.6) is 0 Å². The van der Waals surface area contributed by atoms with E-state index in [1.54, 1.807) is 0 Å². The van der Waals surface area contributed by atoms with Crippen molar-refractivity contribution in [3.05, 3.63) is 66.0 Å². The minimum absolute atomic E-state index is 0.0522. The van der Waals surface area contributed by atoms with Gasteiger partial charge in [0.1, 0.15) is 5.82 Å². The summed E-state index contributed by atoms with van der Waals surface area (Å²) in [4.78, 5) is 8.55. The number of hydrogen-bond acceptors (Lipinski definition) is 1. The van der Waals surface area contributed by atoms with Crippen molar-refractivity contribution in [1.29, 1.82) is 0 Å². The largest absolute Gasteiger partial charge is 0.341 e. The smallest absolute Gasteiger partial charge is 0.137 e. The molecule has 1 aromatic carbocycles. The maximum atomic E-state index is 4.92. The lowest BCUT2D eigenvalue weighted by molar-refractivity contribution is 0.336. The maximum absolute atomic E-state index is 4.92. The summed E-state index contributed by atoms with van der Waals surface area (Å²) in [5.41, 5.74) is 3.75. The van der Waals surface area contributed by atoms with Crippen LogP contribution in [0, 0.1) is 5.92 Å². The number of aromatic nitrogens is 2. The van der Waals surface area contributed by atoms with Crippen LogP contribution in [0.25, 0.3) is 11.4 Å². The Morgan fingerprint density at radius 3 is 2.81 bits per heavy atom. The molecule has 0 amide bonds. The fourth-order valence-corrected chi connectivity index (χ4v) is 3.75. The topological polar surface area (TPSA) is 28.7 Å². The van der Waals surface area contributed by atoms with Gasteiger partial charge in [0.15, 0.2) is 0 Å². The van der Waals surface area contributed by atoms with Gasteiger partial charge in [0.2, 0.25) is 0 Å². The number of benzene rings is 1. The zero-order valence-electron chi connectivity index (χ0n) is 12.5. The van der Waals surface area contributed by atoms with E-state index in [1.165, 1.54) is 17.8 Å². The summed E-state index contributed by atoms with van der Waals surface area (Å²) in [6.45, 7) is 4.62. The van der Waals surface area contributed by atoms with Gasteiger partial charge >= 0.3 is 0 Å². The molecule has 3 atom stereocenters. The summed E-state index contributed by atoms with van der Waals surface area (Å²) in [7, 11) is 0. The lowest BCUT2D eigenvalue weighted by atomic mass is 9.64. The molecule has 2 aliphatic rings. The van der Waals surface area contributed by atoms with Crippen LogP contribution in [-0.4, -0.2) is 9.97 Å². The molecule has 2 aliphatic carbocycles. The predicted molar refractivity (Wildman–Crippen MR) is 86.2 cm³/mol. The number of aromatic amines is 1. The Kier molecular flexibility index (Phi) is 2.68. The van der Waals surface area contributed by atoms with Gasteiger partial charge in [-0.25, -0.2) is 4.98 Å². The first-order chi connectivity index (χ1) is 10.2. The highest BCUT2D eigenvalue weighted by molar-refractivity contribution is 5.57.